The number of aliphatic carboxylic acids is 1. The van der Waals surface area contributed by atoms with E-state index in [1.807, 2.05) is 31.2 Å². The molecule has 6 nitrogen and oxygen atoms in total. The molecule has 1 saturated heterocycles. The summed E-state index contributed by atoms with van der Waals surface area (Å²) in [5, 5.41) is 11.7. The van der Waals surface area contributed by atoms with Crippen LogP contribution in [0.15, 0.2) is 24.3 Å². The number of carbonyl (C=O) groups is 2. The summed E-state index contributed by atoms with van der Waals surface area (Å²) >= 11 is 0. The quantitative estimate of drug-likeness (QED) is 0.816. The minimum Gasteiger partial charge on any atom is -0.494 e. The number of hydrogen-bond donors (Lipinski definition) is 2. The Morgan fingerprint density at radius 1 is 1.33 bits per heavy atom. The summed E-state index contributed by atoms with van der Waals surface area (Å²) in [6.45, 7) is 1.34. The number of ether oxygens (including phenoxy) is 1. The first-order valence-corrected chi connectivity index (χ1v) is 8.78. The number of nitrogens with zero attached hydrogens (tertiary/aromatic N) is 1. The molecule has 2 amide bonds. The van der Waals surface area contributed by atoms with Gasteiger partial charge in [0.2, 0.25) is 0 Å². The average Bonchev–Trinajstić information content (AvgIpc) is 3.18. The van der Waals surface area contributed by atoms with E-state index >= 15 is 0 Å². The van der Waals surface area contributed by atoms with Gasteiger partial charge in [-0.05, 0) is 31.0 Å². The molecule has 2 N–H and O–H groups in total. The summed E-state index contributed by atoms with van der Waals surface area (Å²) in [6, 6.07) is 6.65. The maximum Gasteiger partial charge on any atom is 0.394 e. The van der Waals surface area contributed by atoms with Crippen LogP contribution in [0.2, 0.25) is 0 Å². The summed E-state index contributed by atoms with van der Waals surface area (Å²) in [7, 11) is 0. The Morgan fingerprint density at radius 3 is 2.67 bits per heavy atom. The second kappa shape index (κ2) is 7.28. The number of likely N-dealkylation sites (tertiary alicyclic amines) is 1. The number of amides is 2. The molecule has 1 heterocycles. The summed E-state index contributed by atoms with van der Waals surface area (Å²) in [6.07, 6.45) is -3.97. The molecule has 0 aromatic heterocycles. The fourth-order valence-corrected chi connectivity index (χ4v) is 3.53. The van der Waals surface area contributed by atoms with E-state index in [4.69, 9.17) is 9.84 Å². The zero-order chi connectivity index (χ0) is 19.8. The van der Waals surface area contributed by atoms with E-state index in [0.29, 0.717) is 13.0 Å². The van der Waals surface area contributed by atoms with Gasteiger partial charge in [-0.3, -0.25) is 4.79 Å². The monoisotopic (exact) mass is 386 g/mol. The zero-order valence-corrected chi connectivity index (χ0v) is 14.7. The van der Waals surface area contributed by atoms with Gasteiger partial charge in [0, 0.05) is 25.0 Å². The van der Waals surface area contributed by atoms with Crippen LogP contribution in [-0.2, 0) is 4.79 Å². The van der Waals surface area contributed by atoms with Crippen LogP contribution in [0, 0.1) is 11.8 Å². The Labute approximate surface area is 154 Å². The van der Waals surface area contributed by atoms with Gasteiger partial charge in [0.25, 0.3) is 0 Å². The molecule has 27 heavy (non-hydrogen) atoms. The van der Waals surface area contributed by atoms with Crippen molar-refractivity contribution < 1.29 is 32.6 Å². The fraction of sp³-hybridized carbons (Fsp3) is 0.556. The lowest BCUT2D eigenvalue weighted by atomic mass is 9.96. The van der Waals surface area contributed by atoms with Gasteiger partial charge in [-0.25, -0.2) is 4.79 Å². The fourth-order valence-electron chi connectivity index (χ4n) is 3.53. The molecule has 148 valence electrons. The molecule has 1 aliphatic carbocycles. The van der Waals surface area contributed by atoms with Crippen LogP contribution in [0.4, 0.5) is 18.0 Å². The van der Waals surface area contributed by atoms with Crippen molar-refractivity contribution >= 4 is 12.0 Å². The molecule has 1 aromatic carbocycles. The highest BCUT2D eigenvalue weighted by atomic mass is 19.4. The van der Waals surface area contributed by atoms with Crippen molar-refractivity contribution in [2.24, 2.45) is 11.8 Å². The summed E-state index contributed by atoms with van der Waals surface area (Å²) in [4.78, 5) is 24.4. The molecule has 0 radical (unpaired) electrons. The first-order valence-electron chi connectivity index (χ1n) is 8.78. The highest BCUT2D eigenvalue weighted by Gasteiger charge is 2.54. The first-order chi connectivity index (χ1) is 12.7. The third-order valence-corrected chi connectivity index (χ3v) is 5.04. The normalized spacial score (nSPS) is 27.3. The lowest BCUT2D eigenvalue weighted by molar-refractivity contribution is -0.187. The SMILES string of the molecule is CCOc1cccc([C@@H]2C[C@H]2NC(=O)N2C[C@@H](C(F)(F)F)[C@H](C(=O)O)C2)c1. The van der Waals surface area contributed by atoms with E-state index < -0.39 is 43.1 Å². The molecule has 3 rings (SSSR count). The number of nitrogens with one attached hydrogen (secondary N) is 1. The topological polar surface area (TPSA) is 78.9 Å². The number of carbonyl (C=O) groups excluding carboxylic acids is 1. The van der Waals surface area contributed by atoms with Crippen molar-refractivity contribution in [1.29, 1.82) is 0 Å². The van der Waals surface area contributed by atoms with Crippen LogP contribution in [0.5, 0.6) is 5.75 Å². The van der Waals surface area contributed by atoms with Crippen molar-refractivity contribution in [2.75, 3.05) is 19.7 Å². The van der Waals surface area contributed by atoms with Crippen LogP contribution < -0.4 is 10.1 Å². The Kier molecular flexibility index (Phi) is 5.21. The molecule has 1 saturated carbocycles. The molecule has 2 aliphatic rings. The molecule has 9 heteroatoms. The number of halogens is 3. The third-order valence-electron chi connectivity index (χ3n) is 5.04. The van der Waals surface area contributed by atoms with E-state index in [1.165, 1.54) is 0 Å². The number of carboxylic acid groups (broad SMARTS) is 1. The van der Waals surface area contributed by atoms with Gasteiger partial charge in [0.05, 0.1) is 18.4 Å². The summed E-state index contributed by atoms with van der Waals surface area (Å²) in [5.41, 5.74) is 0.990. The highest BCUT2D eigenvalue weighted by Crippen LogP contribution is 2.42. The molecule has 4 atom stereocenters. The van der Waals surface area contributed by atoms with Crippen LogP contribution in [0.1, 0.15) is 24.8 Å². The van der Waals surface area contributed by atoms with Gasteiger partial charge < -0.3 is 20.1 Å². The molecule has 2 fully saturated rings. The van der Waals surface area contributed by atoms with E-state index in [0.717, 1.165) is 16.2 Å². The Hall–Kier alpha value is -2.45. The largest absolute Gasteiger partial charge is 0.494 e. The molecule has 0 spiro atoms. The Bertz CT molecular complexity index is 725. The van der Waals surface area contributed by atoms with Crippen molar-refractivity contribution in [3.05, 3.63) is 29.8 Å². The van der Waals surface area contributed by atoms with Gasteiger partial charge >= 0.3 is 18.2 Å². The van der Waals surface area contributed by atoms with E-state index in [1.54, 1.807) is 0 Å². The minimum absolute atomic E-state index is 0.0747. The second-order valence-electron chi connectivity index (χ2n) is 6.90. The Morgan fingerprint density at radius 2 is 2.07 bits per heavy atom. The van der Waals surface area contributed by atoms with Crippen LogP contribution in [-0.4, -0.2) is 53.9 Å². The first kappa shape index (κ1) is 19.3. The molecule has 0 unspecified atom stereocenters. The molecular formula is C18H21F3N2O4. The number of alkyl halides is 3. The lowest BCUT2D eigenvalue weighted by Gasteiger charge is -2.18. The number of rotatable bonds is 5. The molecule has 1 aromatic rings. The highest BCUT2D eigenvalue weighted by molar-refractivity contribution is 5.78. The summed E-state index contributed by atoms with van der Waals surface area (Å²) in [5.74, 6) is -4.41. The van der Waals surface area contributed by atoms with Gasteiger partial charge in [0.1, 0.15) is 5.75 Å². The number of hydrogen-bond acceptors (Lipinski definition) is 3. The predicted octanol–water partition coefficient (Wildman–Crippen LogP) is 2.85. The third kappa shape index (κ3) is 4.28. The standard InChI is InChI=1S/C18H21F3N2O4/c1-2-27-11-5-3-4-10(6-11)12-7-15(12)22-17(26)23-8-13(16(24)25)14(9-23)18(19,20)21/h3-6,12-15H,2,7-9H2,1H3,(H,22,26)(H,24,25)/t12-,13+,14+,15+/m0/s1. The van der Waals surface area contributed by atoms with Crippen molar-refractivity contribution in [3.8, 4) is 5.75 Å². The minimum atomic E-state index is -4.65. The van der Waals surface area contributed by atoms with Crippen LogP contribution in [0.3, 0.4) is 0 Å². The summed E-state index contributed by atoms with van der Waals surface area (Å²) < 4.78 is 44.5. The van der Waals surface area contributed by atoms with E-state index in [-0.39, 0.29) is 12.0 Å². The average molecular weight is 386 g/mol. The van der Waals surface area contributed by atoms with Gasteiger partial charge in [-0.15, -0.1) is 0 Å². The van der Waals surface area contributed by atoms with Gasteiger partial charge in [-0.1, -0.05) is 12.1 Å². The van der Waals surface area contributed by atoms with Crippen molar-refractivity contribution in [3.63, 3.8) is 0 Å². The smallest absolute Gasteiger partial charge is 0.394 e. The van der Waals surface area contributed by atoms with Crippen molar-refractivity contribution in [1.82, 2.24) is 10.2 Å². The Balaban J connectivity index is 1.59. The van der Waals surface area contributed by atoms with E-state index in [2.05, 4.69) is 5.32 Å². The molecule has 0 bridgehead atoms. The number of benzene rings is 1. The van der Waals surface area contributed by atoms with E-state index in [9.17, 15) is 22.8 Å². The van der Waals surface area contributed by atoms with Gasteiger partial charge in [-0.2, -0.15) is 13.2 Å². The maximum atomic E-state index is 13.0. The number of urea groups is 1. The van der Waals surface area contributed by atoms with Crippen LogP contribution in [0.25, 0.3) is 0 Å². The lowest BCUT2D eigenvalue weighted by Crippen LogP contribution is -2.41. The molecular weight excluding hydrogens is 365 g/mol. The number of carboxylic acids is 1. The maximum absolute atomic E-state index is 13.0. The second-order valence-corrected chi connectivity index (χ2v) is 6.90. The predicted molar refractivity (Wildman–Crippen MR) is 89.5 cm³/mol. The van der Waals surface area contributed by atoms with Crippen LogP contribution >= 0.6 is 0 Å². The van der Waals surface area contributed by atoms with Crippen molar-refractivity contribution in [2.45, 2.75) is 31.5 Å². The van der Waals surface area contributed by atoms with Gasteiger partial charge in [0.15, 0.2) is 0 Å². The zero-order valence-electron chi connectivity index (χ0n) is 14.7. The molecule has 1 aliphatic heterocycles.